The molecule has 0 unspecified atom stereocenters. The molecule has 0 aromatic heterocycles. The summed E-state index contributed by atoms with van der Waals surface area (Å²) in [6, 6.07) is 10.6. The maximum Gasteiger partial charge on any atom is 0.387 e. The molecule has 1 heterocycles. The van der Waals surface area contributed by atoms with Crippen LogP contribution in [0.3, 0.4) is 0 Å². The Morgan fingerprint density at radius 3 is 2.50 bits per heavy atom. The van der Waals surface area contributed by atoms with Crippen molar-refractivity contribution >= 4 is 23.5 Å². The van der Waals surface area contributed by atoms with Gasteiger partial charge in [0, 0.05) is 24.2 Å². The Bertz CT molecular complexity index is 1080. The van der Waals surface area contributed by atoms with Crippen molar-refractivity contribution in [2.45, 2.75) is 44.3 Å². The molecule has 1 aliphatic heterocycles. The molecule has 4 amide bonds. The van der Waals surface area contributed by atoms with E-state index in [4.69, 9.17) is 4.74 Å². The van der Waals surface area contributed by atoms with E-state index in [-0.39, 0.29) is 24.6 Å². The fraction of sp³-hybridized carbons (Fsp3) is 0.375. The number of hydrogen-bond donors (Lipinski definition) is 2. The minimum Gasteiger partial charge on any atom is -0.497 e. The van der Waals surface area contributed by atoms with Crippen molar-refractivity contribution in [2.75, 3.05) is 19.0 Å². The Hall–Kier alpha value is -3.69. The average molecular weight is 473 g/mol. The van der Waals surface area contributed by atoms with Crippen LogP contribution < -0.4 is 20.1 Å². The lowest BCUT2D eigenvalue weighted by atomic mass is 9.98. The number of urea groups is 1. The molecule has 180 valence electrons. The Kier molecular flexibility index (Phi) is 6.67. The van der Waals surface area contributed by atoms with Gasteiger partial charge >= 0.3 is 12.6 Å². The van der Waals surface area contributed by atoms with E-state index in [0.717, 1.165) is 17.7 Å². The van der Waals surface area contributed by atoms with Gasteiger partial charge in [-0.15, -0.1) is 0 Å². The molecule has 1 spiro atoms. The zero-order valence-electron chi connectivity index (χ0n) is 18.6. The summed E-state index contributed by atoms with van der Waals surface area (Å²) in [5, 5.41) is 5.47. The number of alkyl halides is 2. The number of methoxy groups -OCH3 is 1. The highest BCUT2D eigenvalue weighted by Crippen LogP contribution is 2.36. The molecule has 4 rings (SSSR count). The predicted octanol–water partition coefficient (Wildman–Crippen LogP) is 4.16. The lowest BCUT2D eigenvalue weighted by Gasteiger charge is -2.20. The van der Waals surface area contributed by atoms with Crippen LogP contribution >= 0.6 is 0 Å². The van der Waals surface area contributed by atoms with Gasteiger partial charge in [-0.1, -0.05) is 25.0 Å². The average Bonchev–Trinajstić information content (AvgIpc) is 3.37. The van der Waals surface area contributed by atoms with E-state index in [2.05, 4.69) is 15.4 Å². The van der Waals surface area contributed by atoms with Crippen LogP contribution in [0.25, 0.3) is 11.1 Å². The summed E-state index contributed by atoms with van der Waals surface area (Å²) < 4.78 is 35.5. The van der Waals surface area contributed by atoms with Gasteiger partial charge in [0.2, 0.25) is 5.91 Å². The summed E-state index contributed by atoms with van der Waals surface area (Å²) in [7, 11) is 1.52. The molecular weight excluding hydrogens is 448 g/mol. The molecule has 2 N–H and O–H groups in total. The van der Waals surface area contributed by atoms with Crippen molar-refractivity contribution in [1.29, 1.82) is 0 Å². The highest BCUT2D eigenvalue weighted by molar-refractivity contribution is 6.07. The van der Waals surface area contributed by atoms with Crippen LogP contribution in [0, 0.1) is 0 Å². The molecule has 8 nitrogen and oxygen atoms in total. The van der Waals surface area contributed by atoms with Crippen molar-refractivity contribution in [2.24, 2.45) is 0 Å². The van der Waals surface area contributed by atoms with Gasteiger partial charge in [0.15, 0.2) is 0 Å². The second-order valence-electron chi connectivity index (χ2n) is 8.29. The van der Waals surface area contributed by atoms with E-state index < -0.39 is 24.1 Å². The highest BCUT2D eigenvalue weighted by atomic mass is 19.3. The summed E-state index contributed by atoms with van der Waals surface area (Å²) in [5.74, 6) is -0.141. The summed E-state index contributed by atoms with van der Waals surface area (Å²) >= 11 is 0. The second-order valence-corrected chi connectivity index (χ2v) is 8.29. The van der Waals surface area contributed by atoms with Crippen LogP contribution in [-0.4, -0.2) is 48.6 Å². The zero-order valence-corrected chi connectivity index (χ0v) is 18.6. The number of amides is 4. The van der Waals surface area contributed by atoms with Gasteiger partial charge in [0.1, 0.15) is 17.0 Å². The number of halogens is 2. The quantitative estimate of drug-likeness (QED) is 0.562. The minimum absolute atomic E-state index is 0.0423. The van der Waals surface area contributed by atoms with Crippen molar-refractivity contribution in [3.63, 3.8) is 0 Å². The van der Waals surface area contributed by atoms with Crippen LogP contribution in [0.1, 0.15) is 32.1 Å². The van der Waals surface area contributed by atoms with Gasteiger partial charge in [0.05, 0.1) is 7.11 Å². The van der Waals surface area contributed by atoms with Crippen molar-refractivity contribution in [3.05, 3.63) is 42.5 Å². The number of benzene rings is 2. The standard InChI is InChI=1S/C24H25F2N3O5/c1-33-17-7-4-15(5-8-17)18-14-16(6-9-19(18)34-22(25)26)27-20(30)10-13-29-21(31)24(28-23(29)32)11-2-3-12-24/h4-9,14,22H,2-3,10-13H2,1H3,(H,27,30)(H,28,32). The van der Waals surface area contributed by atoms with E-state index in [9.17, 15) is 23.2 Å². The van der Waals surface area contributed by atoms with Gasteiger partial charge in [-0.2, -0.15) is 8.78 Å². The van der Waals surface area contributed by atoms with Crippen LogP contribution in [0.15, 0.2) is 42.5 Å². The van der Waals surface area contributed by atoms with E-state index >= 15 is 0 Å². The zero-order chi connectivity index (χ0) is 24.3. The summed E-state index contributed by atoms with van der Waals surface area (Å²) in [6.45, 7) is -3.05. The molecule has 2 aliphatic rings. The monoisotopic (exact) mass is 473 g/mol. The number of nitrogens with zero attached hydrogens (tertiary/aromatic N) is 1. The molecule has 1 aliphatic carbocycles. The Balaban J connectivity index is 1.45. The van der Waals surface area contributed by atoms with Crippen molar-refractivity contribution in [3.8, 4) is 22.6 Å². The number of rotatable bonds is 8. The molecule has 1 saturated heterocycles. The summed E-state index contributed by atoms with van der Waals surface area (Å²) in [6.07, 6.45) is 2.88. The molecule has 0 atom stereocenters. The SMILES string of the molecule is COc1ccc(-c2cc(NC(=O)CCN3C(=O)NC4(CCCC4)C3=O)ccc2OC(F)F)cc1. The molecular formula is C24H25F2N3O5. The molecule has 2 aromatic carbocycles. The Morgan fingerprint density at radius 2 is 1.85 bits per heavy atom. The largest absolute Gasteiger partial charge is 0.497 e. The third kappa shape index (κ3) is 4.80. The third-order valence-corrected chi connectivity index (χ3v) is 6.15. The Labute approximate surface area is 195 Å². The van der Waals surface area contributed by atoms with Gasteiger partial charge in [0.25, 0.3) is 5.91 Å². The van der Waals surface area contributed by atoms with Gasteiger partial charge in [-0.3, -0.25) is 14.5 Å². The summed E-state index contributed by atoms with van der Waals surface area (Å²) in [4.78, 5) is 38.6. The molecule has 2 fully saturated rings. The number of imide groups is 1. The van der Waals surface area contributed by atoms with Gasteiger partial charge in [-0.05, 0) is 48.7 Å². The van der Waals surface area contributed by atoms with Crippen molar-refractivity contribution < 1.29 is 32.6 Å². The van der Waals surface area contributed by atoms with E-state index in [0.29, 0.717) is 35.4 Å². The smallest absolute Gasteiger partial charge is 0.387 e. The van der Waals surface area contributed by atoms with E-state index in [1.807, 2.05) is 0 Å². The predicted molar refractivity (Wildman–Crippen MR) is 120 cm³/mol. The number of nitrogens with one attached hydrogen (secondary N) is 2. The highest BCUT2D eigenvalue weighted by Gasteiger charge is 2.52. The Morgan fingerprint density at radius 1 is 1.15 bits per heavy atom. The lowest BCUT2D eigenvalue weighted by molar-refractivity contribution is -0.131. The first-order valence-corrected chi connectivity index (χ1v) is 11.0. The van der Waals surface area contributed by atoms with Crippen molar-refractivity contribution in [1.82, 2.24) is 10.2 Å². The number of carbonyl (C=O) groups excluding carboxylic acids is 3. The lowest BCUT2D eigenvalue weighted by Crippen LogP contribution is -2.44. The van der Waals surface area contributed by atoms with E-state index in [1.54, 1.807) is 24.3 Å². The van der Waals surface area contributed by atoms with Crippen LogP contribution in [0.4, 0.5) is 19.3 Å². The van der Waals surface area contributed by atoms with Crippen LogP contribution in [0.2, 0.25) is 0 Å². The molecule has 34 heavy (non-hydrogen) atoms. The third-order valence-electron chi connectivity index (χ3n) is 6.15. The first kappa shape index (κ1) is 23.5. The molecule has 10 heteroatoms. The van der Waals surface area contributed by atoms with E-state index in [1.165, 1.54) is 25.3 Å². The second kappa shape index (κ2) is 9.66. The maximum atomic E-state index is 12.9. The van der Waals surface area contributed by atoms with Crippen LogP contribution in [0.5, 0.6) is 11.5 Å². The number of anilines is 1. The first-order chi connectivity index (χ1) is 16.3. The van der Waals surface area contributed by atoms with Gasteiger partial charge in [-0.25, -0.2) is 4.79 Å². The molecule has 2 aromatic rings. The molecule has 1 saturated carbocycles. The number of ether oxygens (including phenoxy) is 2. The van der Waals surface area contributed by atoms with Gasteiger partial charge < -0.3 is 20.1 Å². The summed E-state index contributed by atoms with van der Waals surface area (Å²) in [5.41, 5.74) is 0.495. The molecule has 0 radical (unpaired) electrons. The maximum absolute atomic E-state index is 12.9. The van der Waals surface area contributed by atoms with Crippen LogP contribution in [-0.2, 0) is 9.59 Å². The molecule has 0 bridgehead atoms. The topological polar surface area (TPSA) is 97.0 Å². The number of carbonyl (C=O) groups is 3. The number of hydrogen-bond acceptors (Lipinski definition) is 5. The first-order valence-electron chi connectivity index (χ1n) is 11.0. The fourth-order valence-corrected chi connectivity index (χ4v) is 4.44. The normalized spacial score (nSPS) is 16.8. The fourth-order valence-electron chi connectivity index (χ4n) is 4.44. The minimum atomic E-state index is -3.01.